The smallest absolute Gasteiger partial charge is 0.284 e. The van der Waals surface area contributed by atoms with E-state index in [0.29, 0.717) is 12.1 Å². The number of alkyl halides is 3. The van der Waals surface area contributed by atoms with Crippen LogP contribution in [0.5, 0.6) is 0 Å². The van der Waals surface area contributed by atoms with Gasteiger partial charge in [-0.3, -0.25) is 4.79 Å². The van der Waals surface area contributed by atoms with Crippen molar-refractivity contribution in [3.05, 3.63) is 34.4 Å². The van der Waals surface area contributed by atoms with Crippen LogP contribution in [0.1, 0.15) is 10.4 Å². The van der Waals surface area contributed by atoms with Crippen LogP contribution in [0.15, 0.2) is 12.1 Å². The van der Waals surface area contributed by atoms with Crippen LogP contribution in [0.2, 0.25) is 5.02 Å². The Hall–Kier alpha value is -1.17. The SMILES string of the molecule is O=C(c1ccc(Cl)c(F)c1F)C(F)(F)F. The van der Waals surface area contributed by atoms with Crippen LogP contribution in [0.25, 0.3) is 0 Å². The predicted octanol–water partition coefficient (Wildman–Crippen LogP) is 3.36. The van der Waals surface area contributed by atoms with Gasteiger partial charge < -0.3 is 0 Å². The van der Waals surface area contributed by atoms with Crippen LogP contribution >= 0.6 is 11.6 Å². The monoisotopic (exact) mass is 244 g/mol. The van der Waals surface area contributed by atoms with E-state index in [0.717, 1.165) is 0 Å². The molecular formula is C8H2ClF5O. The summed E-state index contributed by atoms with van der Waals surface area (Å²) in [5.41, 5.74) is -1.38. The van der Waals surface area contributed by atoms with Gasteiger partial charge in [0.25, 0.3) is 5.78 Å². The van der Waals surface area contributed by atoms with E-state index in [4.69, 9.17) is 11.6 Å². The third-order valence-corrected chi connectivity index (χ3v) is 1.83. The molecule has 0 saturated heterocycles. The van der Waals surface area contributed by atoms with Crippen LogP contribution in [0.3, 0.4) is 0 Å². The molecule has 0 atom stereocenters. The first-order valence-electron chi connectivity index (χ1n) is 3.50. The second-order valence-corrected chi connectivity index (χ2v) is 2.96. The van der Waals surface area contributed by atoms with Gasteiger partial charge in [0.1, 0.15) is 0 Å². The fourth-order valence-electron chi connectivity index (χ4n) is 0.854. The molecule has 0 amide bonds. The minimum Gasteiger partial charge on any atom is -0.284 e. The molecule has 0 aromatic heterocycles. The van der Waals surface area contributed by atoms with E-state index < -0.39 is 34.2 Å². The number of ketones is 1. The van der Waals surface area contributed by atoms with Gasteiger partial charge in [0.05, 0.1) is 10.6 Å². The van der Waals surface area contributed by atoms with E-state index in [1.54, 1.807) is 0 Å². The number of hydrogen-bond acceptors (Lipinski definition) is 1. The minimum atomic E-state index is -5.25. The van der Waals surface area contributed by atoms with Gasteiger partial charge in [-0.15, -0.1) is 0 Å². The summed E-state index contributed by atoms with van der Waals surface area (Å²) in [5.74, 6) is -6.02. The minimum absolute atomic E-state index is 0.483. The van der Waals surface area contributed by atoms with Crippen LogP contribution < -0.4 is 0 Å². The highest BCUT2D eigenvalue weighted by Crippen LogP contribution is 2.26. The summed E-state index contributed by atoms with van der Waals surface area (Å²) in [7, 11) is 0. The predicted molar refractivity (Wildman–Crippen MR) is 41.8 cm³/mol. The second-order valence-electron chi connectivity index (χ2n) is 2.55. The molecule has 0 aliphatic rings. The number of halogens is 6. The molecule has 0 N–H and O–H groups in total. The van der Waals surface area contributed by atoms with Gasteiger partial charge in [-0.1, -0.05) is 11.6 Å². The standard InChI is InChI=1S/C8H2ClF5O/c9-4-2-1-3(5(10)6(4)11)7(15)8(12,13)14/h1-2H. The Morgan fingerprint density at radius 3 is 2.13 bits per heavy atom. The van der Waals surface area contributed by atoms with Crippen molar-refractivity contribution >= 4 is 17.4 Å². The van der Waals surface area contributed by atoms with Crippen molar-refractivity contribution in [1.29, 1.82) is 0 Å². The summed E-state index contributed by atoms with van der Waals surface area (Å²) in [6.45, 7) is 0. The van der Waals surface area contributed by atoms with Crippen molar-refractivity contribution in [3.8, 4) is 0 Å². The average molecular weight is 245 g/mol. The Balaban J connectivity index is 3.29. The van der Waals surface area contributed by atoms with Gasteiger partial charge >= 0.3 is 6.18 Å². The van der Waals surface area contributed by atoms with E-state index in [9.17, 15) is 26.7 Å². The lowest BCUT2D eigenvalue weighted by Gasteiger charge is -2.06. The summed E-state index contributed by atoms with van der Waals surface area (Å²) in [6, 6.07) is 1.16. The maximum absolute atomic E-state index is 12.9. The molecule has 1 aromatic rings. The molecule has 0 aliphatic heterocycles. The largest absolute Gasteiger partial charge is 0.454 e. The van der Waals surface area contributed by atoms with E-state index >= 15 is 0 Å². The molecule has 0 bridgehead atoms. The number of hydrogen-bond donors (Lipinski definition) is 0. The number of rotatable bonds is 1. The highest BCUT2D eigenvalue weighted by Gasteiger charge is 2.41. The van der Waals surface area contributed by atoms with Gasteiger partial charge in [0.2, 0.25) is 0 Å². The number of carbonyl (C=O) groups is 1. The van der Waals surface area contributed by atoms with Crippen LogP contribution in [-0.4, -0.2) is 12.0 Å². The third-order valence-electron chi connectivity index (χ3n) is 1.54. The molecule has 7 heteroatoms. The van der Waals surface area contributed by atoms with Gasteiger partial charge in [-0.05, 0) is 12.1 Å². The highest BCUT2D eigenvalue weighted by molar-refractivity contribution is 6.30. The van der Waals surface area contributed by atoms with E-state index in [2.05, 4.69) is 0 Å². The topological polar surface area (TPSA) is 17.1 Å². The molecule has 1 aromatic carbocycles. The van der Waals surface area contributed by atoms with E-state index in [1.807, 2.05) is 0 Å². The van der Waals surface area contributed by atoms with Crippen LogP contribution in [-0.2, 0) is 0 Å². The first kappa shape index (κ1) is 11.9. The van der Waals surface area contributed by atoms with Gasteiger partial charge in [0, 0.05) is 0 Å². The van der Waals surface area contributed by atoms with Crippen molar-refractivity contribution in [2.75, 3.05) is 0 Å². The summed E-state index contributed by atoms with van der Waals surface area (Å²) in [4.78, 5) is 10.6. The molecule has 0 spiro atoms. The fraction of sp³-hybridized carbons (Fsp3) is 0.125. The quantitative estimate of drug-likeness (QED) is 0.421. The summed E-state index contributed by atoms with van der Waals surface area (Å²) in [6.07, 6.45) is -5.25. The average Bonchev–Trinajstić information content (AvgIpc) is 2.12. The first-order valence-corrected chi connectivity index (χ1v) is 3.88. The molecule has 0 aliphatic carbocycles. The lowest BCUT2D eigenvalue weighted by molar-refractivity contribution is -0.0887. The molecule has 1 rings (SSSR count). The number of benzene rings is 1. The summed E-state index contributed by atoms with van der Waals surface area (Å²) >= 11 is 5.10. The zero-order valence-electron chi connectivity index (χ0n) is 6.83. The molecule has 1 nitrogen and oxygen atoms in total. The van der Waals surface area contributed by atoms with Crippen molar-refractivity contribution in [1.82, 2.24) is 0 Å². The maximum atomic E-state index is 12.9. The molecule has 0 saturated carbocycles. The van der Waals surface area contributed by atoms with Crippen molar-refractivity contribution < 1.29 is 26.7 Å². The fourth-order valence-corrected chi connectivity index (χ4v) is 1.000. The molecular weight excluding hydrogens is 243 g/mol. The maximum Gasteiger partial charge on any atom is 0.454 e. The zero-order chi connectivity index (χ0) is 11.8. The normalized spacial score (nSPS) is 11.6. The Morgan fingerprint density at radius 2 is 1.67 bits per heavy atom. The van der Waals surface area contributed by atoms with Crippen molar-refractivity contribution in [2.24, 2.45) is 0 Å². The Labute approximate surface area is 85.5 Å². The van der Waals surface area contributed by atoms with Gasteiger partial charge in [-0.25, -0.2) is 8.78 Å². The van der Waals surface area contributed by atoms with Crippen LogP contribution in [0.4, 0.5) is 22.0 Å². The molecule has 0 heterocycles. The first-order chi connectivity index (χ1) is 6.75. The highest BCUT2D eigenvalue weighted by atomic mass is 35.5. The Bertz CT molecular complexity index is 412. The summed E-state index contributed by atoms with van der Waals surface area (Å²) in [5, 5.41) is -0.689. The molecule has 15 heavy (non-hydrogen) atoms. The van der Waals surface area contributed by atoms with Gasteiger partial charge in [-0.2, -0.15) is 13.2 Å². The summed E-state index contributed by atoms with van der Waals surface area (Å²) < 4.78 is 61.2. The third kappa shape index (κ3) is 2.26. The lowest BCUT2D eigenvalue weighted by Crippen LogP contribution is -2.24. The Morgan fingerprint density at radius 1 is 1.13 bits per heavy atom. The van der Waals surface area contributed by atoms with E-state index in [-0.39, 0.29) is 0 Å². The zero-order valence-corrected chi connectivity index (χ0v) is 7.59. The van der Waals surface area contributed by atoms with E-state index in [1.165, 1.54) is 0 Å². The molecule has 0 radical (unpaired) electrons. The second kappa shape index (κ2) is 3.77. The van der Waals surface area contributed by atoms with Crippen LogP contribution in [0, 0.1) is 11.6 Å². The molecule has 0 unspecified atom stereocenters. The molecule has 82 valence electrons. The van der Waals surface area contributed by atoms with Gasteiger partial charge in [0.15, 0.2) is 11.6 Å². The number of carbonyl (C=O) groups excluding carboxylic acids is 1. The lowest BCUT2D eigenvalue weighted by atomic mass is 10.1. The Kier molecular flexibility index (Phi) is 2.99. The molecule has 0 fully saturated rings. The van der Waals surface area contributed by atoms with Crippen molar-refractivity contribution in [2.45, 2.75) is 6.18 Å². The number of Topliss-reactive ketones (excluding diaryl/α,β-unsaturated/α-hetero) is 1. The van der Waals surface area contributed by atoms with Crippen molar-refractivity contribution in [3.63, 3.8) is 0 Å².